The van der Waals surface area contributed by atoms with Crippen LogP contribution in [0.4, 0.5) is 0 Å². The molecule has 5 heteroatoms. The third-order valence-electron chi connectivity index (χ3n) is 6.03. The highest BCUT2D eigenvalue weighted by Crippen LogP contribution is 2.55. The largest absolute Gasteiger partial charge is 0.497 e. The van der Waals surface area contributed by atoms with E-state index in [4.69, 9.17) is 9.47 Å². The number of carbonyl (C=O) groups is 1. The molecule has 0 amide bonds. The first-order chi connectivity index (χ1) is 12.1. The van der Waals surface area contributed by atoms with Gasteiger partial charge in [-0.2, -0.15) is 0 Å². The van der Waals surface area contributed by atoms with Crippen molar-refractivity contribution in [1.29, 1.82) is 0 Å². The monoisotopic (exact) mass is 342 g/mol. The number of esters is 1. The van der Waals surface area contributed by atoms with Gasteiger partial charge in [0, 0.05) is 23.1 Å². The Bertz CT molecular complexity index is 807. The molecular formula is C20H26N2O3. The van der Waals surface area contributed by atoms with Crippen LogP contribution in [-0.4, -0.2) is 43.2 Å². The van der Waals surface area contributed by atoms with Crippen LogP contribution in [0.25, 0.3) is 10.9 Å². The molecule has 2 heterocycles. The van der Waals surface area contributed by atoms with Crippen molar-refractivity contribution >= 4 is 16.9 Å². The predicted molar refractivity (Wildman–Crippen MR) is 96.8 cm³/mol. The van der Waals surface area contributed by atoms with Crippen LogP contribution in [0.2, 0.25) is 0 Å². The van der Waals surface area contributed by atoms with E-state index in [1.807, 2.05) is 13.0 Å². The van der Waals surface area contributed by atoms with Crippen LogP contribution in [0.1, 0.15) is 43.5 Å². The quantitative estimate of drug-likeness (QED) is 0.865. The van der Waals surface area contributed by atoms with E-state index in [0.29, 0.717) is 6.61 Å². The SMILES string of the molecule is CCOC(=O)C1(C2c3[nH]c4ccc(OC)cc4c3CCN2C)CCC1. The molecule has 1 unspecified atom stereocenters. The van der Waals surface area contributed by atoms with Gasteiger partial charge in [0.05, 0.1) is 25.2 Å². The maximum Gasteiger partial charge on any atom is 0.314 e. The predicted octanol–water partition coefficient (Wildman–Crippen LogP) is 3.44. The molecule has 4 rings (SSSR count). The van der Waals surface area contributed by atoms with Gasteiger partial charge in [0.25, 0.3) is 0 Å². The Balaban J connectivity index is 1.84. The summed E-state index contributed by atoms with van der Waals surface area (Å²) in [6.45, 7) is 3.27. The summed E-state index contributed by atoms with van der Waals surface area (Å²) in [4.78, 5) is 18.8. The summed E-state index contributed by atoms with van der Waals surface area (Å²) >= 11 is 0. The third kappa shape index (κ3) is 2.36. The Morgan fingerprint density at radius 1 is 1.40 bits per heavy atom. The number of hydrogen-bond acceptors (Lipinski definition) is 4. The summed E-state index contributed by atoms with van der Waals surface area (Å²) in [5.74, 6) is 0.829. The van der Waals surface area contributed by atoms with E-state index in [9.17, 15) is 4.79 Å². The van der Waals surface area contributed by atoms with Crippen molar-refractivity contribution in [3.63, 3.8) is 0 Å². The number of aromatic amines is 1. The van der Waals surface area contributed by atoms with Crippen molar-refractivity contribution < 1.29 is 14.3 Å². The molecule has 1 N–H and O–H groups in total. The number of fused-ring (bicyclic) bond motifs is 3. The molecule has 0 radical (unpaired) electrons. The van der Waals surface area contributed by atoms with E-state index in [-0.39, 0.29) is 12.0 Å². The first-order valence-corrected chi connectivity index (χ1v) is 9.16. The molecule has 1 atom stereocenters. The van der Waals surface area contributed by atoms with Gasteiger partial charge in [0.1, 0.15) is 5.75 Å². The second-order valence-corrected chi connectivity index (χ2v) is 7.29. The summed E-state index contributed by atoms with van der Waals surface area (Å²) in [5.41, 5.74) is 3.21. The van der Waals surface area contributed by atoms with Gasteiger partial charge in [-0.1, -0.05) is 6.42 Å². The molecule has 1 saturated carbocycles. The van der Waals surface area contributed by atoms with Gasteiger partial charge in [-0.15, -0.1) is 0 Å². The number of carbonyl (C=O) groups excluding carboxylic acids is 1. The average Bonchev–Trinajstić information content (AvgIpc) is 2.93. The topological polar surface area (TPSA) is 54.6 Å². The van der Waals surface area contributed by atoms with Crippen LogP contribution in [0.5, 0.6) is 5.75 Å². The van der Waals surface area contributed by atoms with E-state index in [1.54, 1.807) is 7.11 Å². The number of nitrogens with one attached hydrogen (secondary N) is 1. The molecule has 1 fully saturated rings. The van der Waals surface area contributed by atoms with Crippen LogP contribution in [-0.2, 0) is 16.0 Å². The lowest BCUT2D eigenvalue weighted by atomic mass is 9.61. The molecule has 1 aliphatic heterocycles. The fraction of sp³-hybridized carbons (Fsp3) is 0.550. The minimum absolute atomic E-state index is 0.0396. The number of nitrogens with zero attached hydrogens (tertiary/aromatic N) is 1. The molecule has 1 aromatic carbocycles. The highest BCUT2D eigenvalue weighted by Gasteiger charge is 2.55. The van der Waals surface area contributed by atoms with Gasteiger partial charge in [0.15, 0.2) is 0 Å². The summed E-state index contributed by atoms with van der Waals surface area (Å²) in [7, 11) is 3.82. The minimum Gasteiger partial charge on any atom is -0.497 e. The summed E-state index contributed by atoms with van der Waals surface area (Å²) in [5, 5.41) is 1.21. The Hall–Kier alpha value is -2.01. The number of ether oxygens (including phenoxy) is 2. The molecule has 1 aromatic heterocycles. The summed E-state index contributed by atoms with van der Waals surface area (Å²) in [6.07, 6.45) is 3.87. The fourth-order valence-corrected chi connectivity index (χ4v) is 4.63. The van der Waals surface area contributed by atoms with E-state index in [2.05, 4.69) is 29.1 Å². The van der Waals surface area contributed by atoms with Crippen LogP contribution in [0.15, 0.2) is 18.2 Å². The second kappa shape index (κ2) is 6.06. The average molecular weight is 342 g/mol. The van der Waals surface area contributed by atoms with Crippen molar-refractivity contribution in [3.05, 3.63) is 29.5 Å². The van der Waals surface area contributed by atoms with Gasteiger partial charge >= 0.3 is 5.97 Å². The lowest BCUT2D eigenvalue weighted by Crippen LogP contribution is -2.52. The molecule has 1 aliphatic carbocycles. The zero-order valence-electron chi connectivity index (χ0n) is 15.2. The molecule has 0 saturated heterocycles. The van der Waals surface area contributed by atoms with Crippen molar-refractivity contribution in [2.45, 2.75) is 38.6 Å². The molecule has 0 bridgehead atoms. The number of rotatable bonds is 4. The number of H-pyrrole nitrogens is 1. The number of methoxy groups -OCH3 is 1. The van der Waals surface area contributed by atoms with E-state index in [1.165, 1.54) is 16.6 Å². The summed E-state index contributed by atoms with van der Waals surface area (Å²) < 4.78 is 10.9. The van der Waals surface area contributed by atoms with Gasteiger partial charge in [-0.25, -0.2) is 0 Å². The zero-order valence-corrected chi connectivity index (χ0v) is 15.2. The molecular weight excluding hydrogens is 316 g/mol. The smallest absolute Gasteiger partial charge is 0.314 e. The van der Waals surface area contributed by atoms with Crippen molar-refractivity contribution in [3.8, 4) is 5.75 Å². The molecule has 134 valence electrons. The van der Waals surface area contributed by atoms with Crippen molar-refractivity contribution in [1.82, 2.24) is 9.88 Å². The number of hydrogen-bond donors (Lipinski definition) is 1. The number of benzene rings is 1. The normalized spacial score (nSPS) is 22.3. The van der Waals surface area contributed by atoms with Crippen LogP contribution in [0.3, 0.4) is 0 Å². The van der Waals surface area contributed by atoms with Crippen LogP contribution < -0.4 is 4.74 Å². The minimum atomic E-state index is -0.412. The fourth-order valence-electron chi connectivity index (χ4n) is 4.63. The zero-order chi connectivity index (χ0) is 17.6. The summed E-state index contributed by atoms with van der Waals surface area (Å²) in [6, 6.07) is 6.21. The highest BCUT2D eigenvalue weighted by atomic mass is 16.5. The maximum absolute atomic E-state index is 12.8. The van der Waals surface area contributed by atoms with Crippen molar-refractivity contribution in [2.75, 3.05) is 27.3 Å². The molecule has 0 spiro atoms. The first-order valence-electron chi connectivity index (χ1n) is 9.16. The van der Waals surface area contributed by atoms with Gasteiger partial charge in [-0.3, -0.25) is 9.69 Å². The Morgan fingerprint density at radius 3 is 2.84 bits per heavy atom. The number of aromatic nitrogens is 1. The Morgan fingerprint density at radius 2 is 2.20 bits per heavy atom. The molecule has 2 aliphatic rings. The van der Waals surface area contributed by atoms with Gasteiger partial charge < -0.3 is 14.5 Å². The lowest BCUT2D eigenvalue weighted by Gasteiger charge is -2.50. The lowest BCUT2D eigenvalue weighted by molar-refractivity contribution is -0.168. The van der Waals surface area contributed by atoms with Crippen molar-refractivity contribution in [2.24, 2.45) is 5.41 Å². The number of likely N-dealkylation sites (N-methyl/N-ethyl adjacent to an activating group) is 1. The van der Waals surface area contributed by atoms with Gasteiger partial charge in [-0.05, 0) is 57.0 Å². The molecule has 25 heavy (non-hydrogen) atoms. The first kappa shape index (κ1) is 16.5. The standard InChI is InChI=1S/C20H26N2O3/c1-4-25-19(23)20(9-5-10-20)18-17-14(8-11-22(18)2)15-12-13(24-3)6-7-16(15)21-17/h6-7,12,18,21H,4-5,8-11H2,1-3H3. The Labute approximate surface area is 148 Å². The molecule has 2 aromatic rings. The van der Waals surface area contributed by atoms with Crippen LogP contribution >= 0.6 is 0 Å². The maximum atomic E-state index is 12.8. The Kier molecular flexibility index (Phi) is 3.99. The molecule has 5 nitrogen and oxygen atoms in total. The van der Waals surface area contributed by atoms with E-state index in [0.717, 1.165) is 43.5 Å². The van der Waals surface area contributed by atoms with E-state index < -0.39 is 5.41 Å². The van der Waals surface area contributed by atoms with E-state index >= 15 is 0 Å². The second-order valence-electron chi connectivity index (χ2n) is 7.29. The van der Waals surface area contributed by atoms with Gasteiger partial charge in [0.2, 0.25) is 0 Å². The highest BCUT2D eigenvalue weighted by molar-refractivity contribution is 5.87. The van der Waals surface area contributed by atoms with Crippen LogP contribution in [0, 0.1) is 5.41 Å². The third-order valence-corrected chi connectivity index (χ3v) is 6.03.